The normalized spacial score (nSPS) is 15.1. The molecular formula is C64H124O17P2. The molecule has 0 aromatic heterocycles. The third-order valence-electron chi connectivity index (χ3n) is 15.3. The first-order valence-electron chi connectivity index (χ1n) is 33.3. The van der Waals surface area contributed by atoms with E-state index in [1.165, 1.54) is 96.3 Å². The predicted octanol–water partition coefficient (Wildman–Crippen LogP) is 17.4. The Balaban J connectivity index is 5.26. The van der Waals surface area contributed by atoms with E-state index in [9.17, 15) is 43.2 Å². The summed E-state index contributed by atoms with van der Waals surface area (Å²) in [5.41, 5.74) is 0. The number of phosphoric acid groups is 2. The van der Waals surface area contributed by atoms with Gasteiger partial charge in [-0.2, -0.15) is 0 Å². The fourth-order valence-corrected chi connectivity index (χ4v) is 10.9. The monoisotopic (exact) mass is 1230 g/mol. The van der Waals surface area contributed by atoms with E-state index < -0.39 is 97.5 Å². The van der Waals surface area contributed by atoms with Gasteiger partial charge in [0.2, 0.25) is 0 Å². The van der Waals surface area contributed by atoms with Crippen molar-refractivity contribution in [3.05, 3.63) is 0 Å². The van der Waals surface area contributed by atoms with Gasteiger partial charge in [0.05, 0.1) is 26.4 Å². The second kappa shape index (κ2) is 54.2. The molecule has 0 rings (SSSR count). The largest absolute Gasteiger partial charge is 0.472 e. The SMILES string of the molecule is CCC(C)CCCCCCCCC(=O)OC[C@H](COP(=O)(O)OC[C@H](O)COP(=O)(O)OC[C@@H](COC(=O)CCCCCCCCCC(C)C)OC(=O)CCCCCCCCCCCCC(C)C)OC(=O)CCCCCCCCC(C)CC. The van der Waals surface area contributed by atoms with Crippen LogP contribution >= 0.6 is 15.6 Å². The molecule has 17 nitrogen and oxygen atoms in total. The van der Waals surface area contributed by atoms with E-state index in [1.54, 1.807) is 0 Å². The molecule has 0 fully saturated rings. The van der Waals surface area contributed by atoms with Crippen molar-refractivity contribution >= 4 is 39.5 Å². The Hall–Kier alpha value is -1.94. The Morgan fingerprint density at radius 2 is 0.578 bits per heavy atom. The minimum absolute atomic E-state index is 0.101. The molecule has 0 saturated carbocycles. The van der Waals surface area contributed by atoms with Crippen LogP contribution in [0.1, 0.15) is 306 Å². The average Bonchev–Trinajstić information content (AvgIpc) is 3.45. The molecule has 0 radical (unpaired) electrons. The quantitative estimate of drug-likeness (QED) is 0.0222. The summed E-state index contributed by atoms with van der Waals surface area (Å²) in [5, 5.41) is 10.5. The van der Waals surface area contributed by atoms with Crippen LogP contribution in [0, 0.1) is 23.7 Å². The van der Waals surface area contributed by atoms with Crippen LogP contribution in [0.25, 0.3) is 0 Å². The third-order valence-corrected chi connectivity index (χ3v) is 17.2. The van der Waals surface area contributed by atoms with E-state index >= 15 is 0 Å². The van der Waals surface area contributed by atoms with Gasteiger partial charge < -0.3 is 33.8 Å². The van der Waals surface area contributed by atoms with Crippen LogP contribution in [0.4, 0.5) is 0 Å². The molecule has 4 unspecified atom stereocenters. The fourth-order valence-electron chi connectivity index (χ4n) is 9.36. The van der Waals surface area contributed by atoms with Crippen LogP contribution in [-0.4, -0.2) is 96.7 Å². The molecule has 7 atom stereocenters. The van der Waals surface area contributed by atoms with Crippen LogP contribution in [0.15, 0.2) is 0 Å². The topological polar surface area (TPSA) is 237 Å². The van der Waals surface area contributed by atoms with E-state index in [0.717, 1.165) is 120 Å². The number of hydrogen-bond acceptors (Lipinski definition) is 15. The van der Waals surface area contributed by atoms with E-state index in [0.29, 0.717) is 31.6 Å². The number of carbonyl (C=O) groups excluding carboxylic acids is 4. The van der Waals surface area contributed by atoms with Crippen molar-refractivity contribution in [3.63, 3.8) is 0 Å². The first-order valence-corrected chi connectivity index (χ1v) is 36.3. The lowest BCUT2D eigenvalue weighted by Crippen LogP contribution is -2.30. The maximum atomic E-state index is 13.0. The van der Waals surface area contributed by atoms with E-state index in [2.05, 4.69) is 55.4 Å². The van der Waals surface area contributed by atoms with Crippen LogP contribution < -0.4 is 0 Å². The number of aliphatic hydroxyl groups is 1. The minimum atomic E-state index is -4.95. The van der Waals surface area contributed by atoms with Gasteiger partial charge in [0.1, 0.15) is 19.3 Å². The summed E-state index contributed by atoms with van der Waals surface area (Å²) in [6, 6.07) is 0. The van der Waals surface area contributed by atoms with Gasteiger partial charge in [-0.3, -0.25) is 37.3 Å². The predicted molar refractivity (Wildman–Crippen MR) is 331 cm³/mol. The Kier molecular flexibility index (Phi) is 53.0. The van der Waals surface area contributed by atoms with E-state index in [1.807, 2.05) is 0 Å². The molecule has 492 valence electrons. The lowest BCUT2D eigenvalue weighted by atomic mass is 10.00. The molecule has 0 saturated heterocycles. The van der Waals surface area contributed by atoms with Gasteiger partial charge in [-0.05, 0) is 49.4 Å². The molecule has 0 bridgehead atoms. The van der Waals surface area contributed by atoms with Gasteiger partial charge in [-0.15, -0.1) is 0 Å². The van der Waals surface area contributed by atoms with Crippen molar-refractivity contribution in [1.82, 2.24) is 0 Å². The molecule has 0 aromatic rings. The number of carbonyl (C=O) groups is 4. The number of esters is 4. The highest BCUT2D eigenvalue weighted by Gasteiger charge is 2.30. The second-order valence-corrected chi connectivity index (χ2v) is 27.5. The van der Waals surface area contributed by atoms with Crippen molar-refractivity contribution < 1.29 is 80.2 Å². The molecule has 19 heteroatoms. The van der Waals surface area contributed by atoms with Crippen molar-refractivity contribution in [2.45, 2.75) is 324 Å². The van der Waals surface area contributed by atoms with Gasteiger partial charge in [0.15, 0.2) is 12.2 Å². The average molecular weight is 1230 g/mol. The van der Waals surface area contributed by atoms with E-state index in [4.69, 9.17) is 37.0 Å². The summed E-state index contributed by atoms with van der Waals surface area (Å²) >= 11 is 0. The minimum Gasteiger partial charge on any atom is -0.462 e. The first-order chi connectivity index (χ1) is 39.7. The molecule has 0 aliphatic rings. The zero-order valence-corrected chi connectivity index (χ0v) is 55.6. The van der Waals surface area contributed by atoms with Crippen LogP contribution in [0.5, 0.6) is 0 Å². The van der Waals surface area contributed by atoms with Crippen LogP contribution in [-0.2, 0) is 65.4 Å². The summed E-state index contributed by atoms with van der Waals surface area (Å²) in [6.07, 6.45) is 33.6. The Morgan fingerprint density at radius 3 is 0.855 bits per heavy atom. The Morgan fingerprint density at radius 1 is 0.337 bits per heavy atom. The fraction of sp³-hybridized carbons (Fsp3) is 0.938. The van der Waals surface area contributed by atoms with Crippen LogP contribution in [0.3, 0.4) is 0 Å². The number of phosphoric ester groups is 2. The molecule has 0 heterocycles. The van der Waals surface area contributed by atoms with Gasteiger partial charge in [-0.25, -0.2) is 9.13 Å². The highest BCUT2D eigenvalue weighted by molar-refractivity contribution is 7.47. The van der Waals surface area contributed by atoms with E-state index in [-0.39, 0.29) is 25.7 Å². The van der Waals surface area contributed by atoms with Gasteiger partial charge in [0, 0.05) is 25.7 Å². The standard InChI is InChI=1S/C64H124O17P2/c1-9-56(7)42-34-26-20-22-29-37-45-62(67)75-51-60(81-64(69)47-39-31-23-21-27-35-43-57(8)10-2)53-79-83(72,73)77-49-58(65)48-76-82(70,71)78-52-59(50-74-61(66)44-36-28-19-15-17-25-33-41-55(5)6)80-63(68)46-38-30-18-14-12-11-13-16-24-32-40-54(3)4/h54-60,65H,9-53H2,1-8H3,(H,70,71)(H,72,73)/t56?,57?,58-,59-,60-/m1/s1. The molecule has 0 amide bonds. The molecule has 0 aromatic carbocycles. The summed E-state index contributed by atoms with van der Waals surface area (Å²) in [5.74, 6) is 0.766. The summed E-state index contributed by atoms with van der Waals surface area (Å²) in [4.78, 5) is 72.2. The molecule has 83 heavy (non-hydrogen) atoms. The summed E-state index contributed by atoms with van der Waals surface area (Å²) in [7, 11) is -9.89. The molecule has 0 aliphatic heterocycles. The van der Waals surface area contributed by atoms with Gasteiger partial charge >= 0.3 is 39.5 Å². The lowest BCUT2D eigenvalue weighted by molar-refractivity contribution is -0.161. The summed E-state index contributed by atoms with van der Waals surface area (Å²) in [6.45, 7) is 13.9. The zero-order chi connectivity index (χ0) is 61.8. The Bertz CT molecular complexity index is 1670. The number of ether oxygens (including phenoxy) is 4. The Labute approximate surface area is 505 Å². The maximum Gasteiger partial charge on any atom is 0.472 e. The maximum absolute atomic E-state index is 13.0. The zero-order valence-electron chi connectivity index (χ0n) is 53.8. The number of hydrogen-bond donors (Lipinski definition) is 3. The van der Waals surface area contributed by atoms with Crippen molar-refractivity contribution in [2.24, 2.45) is 23.7 Å². The number of rotatable bonds is 61. The van der Waals surface area contributed by atoms with Crippen molar-refractivity contribution in [3.8, 4) is 0 Å². The summed E-state index contributed by atoms with van der Waals surface area (Å²) < 4.78 is 68.0. The molecule has 3 N–H and O–H groups in total. The van der Waals surface area contributed by atoms with Crippen molar-refractivity contribution in [2.75, 3.05) is 39.6 Å². The van der Waals surface area contributed by atoms with Crippen molar-refractivity contribution in [1.29, 1.82) is 0 Å². The van der Waals surface area contributed by atoms with Gasteiger partial charge in [0.25, 0.3) is 0 Å². The molecular weight excluding hydrogens is 1100 g/mol. The van der Waals surface area contributed by atoms with Gasteiger partial charge in [-0.1, -0.05) is 254 Å². The molecule has 0 spiro atoms. The number of unbranched alkanes of at least 4 members (excludes halogenated alkanes) is 25. The first kappa shape index (κ1) is 81.1. The lowest BCUT2D eigenvalue weighted by Gasteiger charge is -2.21. The number of aliphatic hydroxyl groups excluding tert-OH is 1. The highest BCUT2D eigenvalue weighted by Crippen LogP contribution is 2.45. The third kappa shape index (κ3) is 56.3. The smallest absolute Gasteiger partial charge is 0.462 e. The van der Waals surface area contributed by atoms with Crippen LogP contribution in [0.2, 0.25) is 0 Å². The highest BCUT2D eigenvalue weighted by atomic mass is 31.2. The second-order valence-electron chi connectivity index (χ2n) is 24.6. The molecule has 0 aliphatic carbocycles.